The van der Waals surface area contributed by atoms with Crippen LogP contribution in [0.2, 0.25) is 5.02 Å². The molecule has 0 spiro atoms. The maximum Gasteiger partial charge on any atom is 0.223 e. The average Bonchev–Trinajstić information content (AvgIpc) is 2.55. The van der Waals surface area contributed by atoms with Crippen LogP contribution in [0, 0.1) is 11.3 Å². The number of nitriles is 1. The lowest BCUT2D eigenvalue weighted by molar-refractivity contribution is 0.106. The quantitative estimate of drug-likeness (QED) is 0.520. The third-order valence-electron chi connectivity index (χ3n) is 2.79. The van der Waals surface area contributed by atoms with E-state index in [1.54, 1.807) is 54.6 Å². The molecule has 6 heteroatoms. The number of ketones is 1. The van der Waals surface area contributed by atoms with Gasteiger partial charge in [-0.25, -0.2) is 0 Å². The van der Waals surface area contributed by atoms with Crippen molar-refractivity contribution in [2.45, 2.75) is 0 Å². The third kappa shape index (κ3) is 3.84. The fourth-order valence-electron chi connectivity index (χ4n) is 1.68. The SMILES string of the molecule is COc1ccc(C(=O)/C(C#N)=N\Nc2cccc(Cl)c2)cc1. The van der Waals surface area contributed by atoms with Crippen LogP contribution in [0.5, 0.6) is 5.75 Å². The number of anilines is 1. The highest BCUT2D eigenvalue weighted by Gasteiger charge is 2.14. The number of carbonyl (C=O) groups is 1. The number of carbonyl (C=O) groups excluding carboxylic acids is 1. The number of nitrogens with one attached hydrogen (secondary N) is 1. The maximum absolute atomic E-state index is 12.2. The molecular weight excluding hydrogens is 302 g/mol. The lowest BCUT2D eigenvalue weighted by Gasteiger charge is -2.03. The molecule has 0 bridgehead atoms. The summed E-state index contributed by atoms with van der Waals surface area (Å²) in [6.07, 6.45) is 0. The van der Waals surface area contributed by atoms with Gasteiger partial charge in [-0.05, 0) is 42.5 Å². The molecule has 0 aliphatic heterocycles. The van der Waals surface area contributed by atoms with Crippen LogP contribution in [0.1, 0.15) is 10.4 Å². The summed E-state index contributed by atoms with van der Waals surface area (Å²) in [5.41, 5.74) is 3.34. The Kier molecular flexibility index (Phi) is 5.12. The molecule has 0 aliphatic carbocycles. The van der Waals surface area contributed by atoms with Crippen molar-refractivity contribution in [3.63, 3.8) is 0 Å². The molecule has 0 amide bonds. The first-order valence-electron chi connectivity index (χ1n) is 6.32. The first-order chi connectivity index (χ1) is 10.6. The van der Waals surface area contributed by atoms with Gasteiger partial charge in [-0.3, -0.25) is 10.2 Å². The molecule has 2 aromatic rings. The first kappa shape index (κ1) is 15.5. The van der Waals surface area contributed by atoms with E-state index in [4.69, 9.17) is 21.6 Å². The first-order valence-corrected chi connectivity index (χ1v) is 6.70. The summed E-state index contributed by atoms with van der Waals surface area (Å²) >= 11 is 5.85. The van der Waals surface area contributed by atoms with E-state index in [1.807, 2.05) is 0 Å². The highest BCUT2D eigenvalue weighted by Crippen LogP contribution is 2.15. The predicted molar refractivity (Wildman–Crippen MR) is 85.4 cm³/mol. The molecule has 2 rings (SSSR count). The molecule has 0 saturated heterocycles. The van der Waals surface area contributed by atoms with Gasteiger partial charge in [-0.1, -0.05) is 17.7 Å². The highest BCUT2D eigenvalue weighted by molar-refractivity contribution is 6.51. The summed E-state index contributed by atoms with van der Waals surface area (Å²) in [5, 5.41) is 13.5. The van der Waals surface area contributed by atoms with Gasteiger partial charge < -0.3 is 4.74 Å². The van der Waals surface area contributed by atoms with E-state index in [2.05, 4.69) is 10.5 Å². The number of halogens is 1. The van der Waals surface area contributed by atoms with Crippen LogP contribution in [0.15, 0.2) is 53.6 Å². The summed E-state index contributed by atoms with van der Waals surface area (Å²) in [5.74, 6) is 0.156. The number of hydrogen-bond donors (Lipinski definition) is 1. The van der Waals surface area contributed by atoms with Gasteiger partial charge in [0.1, 0.15) is 11.8 Å². The second-order valence-corrected chi connectivity index (χ2v) is 4.69. The van der Waals surface area contributed by atoms with Crippen LogP contribution in [-0.4, -0.2) is 18.6 Å². The monoisotopic (exact) mass is 313 g/mol. The topological polar surface area (TPSA) is 74.5 Å². The Morgan fingerprint density at radius 3 is 2.59 bits per heavy atom. The lowest BCUT2D eigenvalue weighted by atomic mass is 10.1. The molecule has 0 fully saturated rings. The van der Waals surface area contributed by atoms with E-state index < -0.39 is 5.78 Å². The number of hydrazone groups is 1. The Hall–Kier alpha value is -2.84. The molecule has 0 atom stereocenters. The predicted octanol–water partition coefficient (Wildman–Crippen LogP) is 3.52. The Morgan fingerprint density at radius 1 is 1.27 bits per heavy atom. The fourth-order valence-corrected chi connectivity index (χ4v) is 1.87. The number of nitrogens with zero attached hydrogens (tertiary/aromatic N) is 2. The van der Waals surface area contributed by atoms with E-state index in [0.29, 0.717) is 22.0 Å². The zero-order valence-corrected chi connectivity index (χ0v) is 12.5. The van der Waals surface area contributed by atoms with Gasteiger partial charge in [0.05, 0.1) is 12.8 Å². The zero-order valence-electron chi connectivity index (χ0n) is 11.7. The van der Waals surface area contributed by atoms with Gasteiger partial charge in [0.15, 0.2) is 0 Å². The van der Waals surface area contributed by atoms with Crippen molar-refractivity contribution in [1.29, 1.82) is 5.26 Å². The van der Waals surface area contributed by atoms with Crippen LogP contribution in [0.3, 0.4) is 0 Å². The maximum atomic E-state index is 12.2. The van der Waals surface area contributed by atoms with E-state index in [1.165, 1.54) is 7.11 Å². The van der Waals surface area contributed by atoms with E-state index in [-0.39, 0.29) is 5.71 Å². The van der Waals surface area contributed by atoms with Crippen molar-refractivity contribution in [3.05, 3.63) is 59.1 Å². The highest BCUT2D eigenvalue weighted by atomic mass is 35.5. The number of hydrogen-bond acceptors (Lipinski definition) is 5. The Morgan fingerprint density at radius 2 is 2.00 bits per heavy atom. The van der Waals surface area contributed by atoms with Gasteiger partial charge in [-0.2, -0.15) is 10.4 Å². The van der Waals surface area contributed by atoms with E-state index >= 15 is 0 Å². The van der Waals surface area contributed by atoms with Gasteiger partial charge >= 0.3 is 0 Å². The molecule has 0 unspecified atom stereocenters. The Bertz CT molecular complexity index is 749. The molecule has 0 heterocycles. The normalized spacial score (nSPS) is 10.7. The third-order valence-corrected chi connectivity index (χ3v) is 3.03. The molecule has 22 heavy (non-hydrogen) atoms. The number of Topliss-reactive ketones (excluding diaryl/α,β-unsaturated/α-hetero) is 1. The minimum Gasteiger partial charge on any atom is -0.497 e. The fraction of sp³-hybridized carbons (Fsp3) is 0.0625. The standard InChI is InChI=1S/C16H12ClN3O2/c1-22-14-7-5-11(6-8-14)16(21)15(10-18)20-19-13-4-2-3-12(17)9-13/h2-9,19H,1H3/b20-15-. The molecule has 110 valence electrons. The summed E-state index contributed by atoms with van der Waals surface area (Å²) in [7, 11) is 1.54. The number of benzene rings is 2. The van der Waals surface area contributed by atoms with Gasteiger partial charge in [0, 0.05) is 10.6 Å². The van der Waals surface area contributed by atoms with E-state index in [0.717, 1.165) is 0 Å². The van der Waals surface area contributed by atoms with Crippen LogP contribution in [-0.2, 0) is 0 Å². The van der Waals surface area contributed by atoms with Gasteiger partial charge in [0.25, 0.3) is 0 Å². The second-order valence-electron chi connectivity index (χ2n) is 4.25. The van der Waals surface area contributed by atoms with Crippen molar-refractivity contribution >= 4 is 28.8 Å². The van der Waals surface area contributed by atoms with Gasteiger partial charge in [0.2, 0.25) is 11.5 Å². The van der Waals surface area contributed by atoms with Crippen LogP contribution >= 0.6 is 11.6 Å². The van der Waals surface area contributed by atoms with Crippen molar-refractivity contribution in [1.82, 2.24) is 0 Å². The minimum atomic E-state index is -0.473. The number of methoxy groups -OCH3 is 1. The zero-order chi connectivity index (χ0) is 15.9. The average molecular weight is 314 g/mol. The van der Waals surface area contributed by atoms with Crippen molar-refractivity contribution in [2.75, 3.05) is 12.5 Å². The van der Waals surface area contributed by atoms with Crippen LogP contribution < -0.4 is 10.2 Å². The summed E-state index contributed by atoms with van der Waals surface area (Å²) in [6, 6.07) is 15.0. The Balaban J connectivity index is 2.17. The molecule has 0 aliphatic rings. The molecule has 0 aromatic heterocycles. The van der Waals surface area contributed by atoms with Crippen LogP contribution in [0.4, 0.5) is 5.69 Å². The summed E-state index contributed by atoms with van der Waals surface area (Å²) in [6.45, 7) is 0. The van der Waals surface area contributed by atoms with Crippen molar-refractivity contribution in [3.8, 4) is 11.8 Å². The van der Waals surface area contributed by atoms with E-state index in [9.17, 15) is 4.79 Å². The molecule has 0 saturated carbocycles. The molecule has 0 radical (unpaired) electrons. The van der Waals surface area contributed by atoms with Gasteiger partial charge in [-0.15, -0.1) is 0 Å². The largest absolute Gasteiger partial charge is 0.497 e. The second kappa shape index (κ2) is 7.25. The van der Waals surface area contributed by atoms with Crippen molar-refractivity contribution in [2.24, 2.45) is 5.10 Å². The molecule has 5 nitrogen and oxygen atoms in total. The molecule has 1 N–H and O–H groups in total. The smallest absolute Gasteiger partial charge is 0.223 e. The molecular formula is C16H12ClN3O2. The Labute approximate surface area is 132 Å². The minimum absolute atomic E-state index is 0.245. The molecule has 2 aromatic carbocycles. The summed E-state index contributed by atoms with van der Waals surface area (Å²) in [4.78, 5) is 12.2. The lowest BCUT2D eigenvalue weighted by Crippen LogP contribution is -2.14. The van der Waals surface area contributed by atoms with Crippen LogP contribution in [0.25, 0.3) is 0 Å². The number of ether oxygens (including phenoxy) is 1. The van der Waals surface area contributed by atoms with Crippen molar-refractivity contribution < 1.29 is 9.53 Å². The summed E-state index contributed by atoms with van der Waals surface area (Å²) < 4.78 is 5.02. The number of rotatable bonds is 5.